The predicted octanol–water partition coefficient (Wildman–Crippen LogP) is 4.29. The number of furan rings is 1. The minimum Gasteiger partial charge on any atom is -0.448 e. The van der Waals surface area contributed by atoms with E-state index in [-0.39, 0.29) is 6.04 Å². The highest BCUT2D eigenvalue weighted by molar-refractivity contribution is 7.11. The van der Waals surface area contributed by atoms with Crippen LogP contribution in [0.4, 0.5) is 0 Å². The van der Waals surface area contributed by atoms with E-state index in [1.807, 2.05) is 13.0 Å². The Hall–Kier alpha value is -0.840. The smallest absolute Gasteiger partial charge is 0.193 e. The molecule has 2 aromatic rings. The van der Waals surface area contributed by atoms with Gasteiger partial charge in [0.05, 0.1) is 16.7 Å². The fourth-order valence-corrected chi connectivity index (χ4v) is 3.04. The van der Waals surface area contributed by atoms with Crippen molar-refractivity contribution in [3.05, 3.63) is 38.7 Å². The zero-order valence-corrected chi connectivity index (χ0v) is 13.1. The highest BCUT2D eigenvalue weighted by Gasteiger charge is 2.17. The maximum atomic E-state index is 5.86. The molecule has 0 aliphatic heterocycles. The van der Waals surface area contributed by atoms with Crippen molar-refractivity contribution in [1.82, 2.24) is 10.3 Å². The van der Waals surface area contributed by atoms with Gasteiger partial charge in [0.25, 0.3) is 0 Å². The monoisotopic (exact) mass is 298 g/mol. The summed E-state index contributed by atoms with van der Waals surface area (Å²) in [4.78, 5) is 5.87. The molecule has 5 heteroatoms. The van der Waals surface area contributed by atoms with Gasteiger partial charge in [0.15, 0.2) is 5.22 Å². The quantitative estimate of drug-likeness (QED) is 0.864. The molecule has 0 fully saturated rings. The summed E-state index contributed by atoms with van der Waals surface area (Å²) in [5, 5.41) is 5.06. The first-order valence-electron chi connectivity index (χ1n) is 6.51. The summed E-state index contributed by atoms with van der Waals surface area (Å²) in [6.07, 6.45) is 1.92. The van der Waals surface area contributed by atoms with Crippen LogP contribution < -0.4 is 5.32 Å². The molecular formula is C14H19ClN2OS. The van der Waals surface area contributed by atoms with E-state index in [1.165, 1.54) is 4.88 Å². The van der Waals surface area contributed by atoms with Crippen LogP contribution in [0.1, 0.15) is 40.7 Å². The van der Waals surface area contributed by atoms with Crippen molar-refractivity contribution in [3.63, 3.8) is 0 Å². The molecule has 1 N–H and O–H groups in total. The molecule has 0 amide bonds. The van der Waals surface area contributed by atoms with E-state index in [2.05, 4.69) is 24.1 Å². The minimum atomic E-state index is 0.136. The molecule has 0 saturated heterocycles. The molecular weight excluding hydrogens is 280 g/mol. The largest absolute Gasteiger partial charge is 0.448 e. The molecule has 0 saturated carbocycles. The van der Waals surface area contributed by atoms with Gasteiger partial charge in [-0.15, -0.1) is 11.3 Å². The van der Waals surface area contributed by atoms with E-state index >= 15 is 0 Å². The molecule has 0 aliphatic carbocycles. The number of aryl methyl sites for hydroxylation is 2. The highest BCUT2D eigenvalue weighted by atomic mass is 35.5. The normalized spacial score (nSPS) is 12.8. The molecule has 0 aliphatic rings. The molecule has 2 heterocycles. The number of aromatic nitrogens is 1. The molecule has 0 aromatic carbocycles. The first-order valence-corrected chi connectivity index (χ1v) is 7.71. The Labute approximate surface area is 123 Å². The number of rotatable bonds is 6. The molecule has 2 rings (SSSR count). The van der Waals surface area contributed by atoms with Gasteiger partial charge < -0.3 is 9.73 Å². The Balaban J connectivity index is 2.13. The van der Waals surface area contributed by atoms with Gasteiger partial charge in [-0.05, 0) is 50.5 Å². The zero-order valence-electron chi connectivity index (χ0n) is 11.5. The first kappa shape index (κ1) is 14.6. The van der Waals surface area contributed by atoms with E-state index in [0.717, 1.165) is 35.8 Å². The molecule has 2 aromatic heterocycles. The number of hydrogen-bond acceptors (Lipinski definition) is 4. The van der Waals surface area contributed by atoms with Crippen LogP contribution in [0.25, 0.3) is 0 Å². The van der Waals surface area contributed by atoms with Gasteiger partial charge in [-0.1, -0.05) is 6.92 Å². The van der Waals surface area contributed by atoms with Crippen molar-refractivity contribution in [1.29, 1.82) is 0 Å². The third kappa shape index (κ3) is 3.81. The van der Waals surface area contributed by atoms with Crippen LogP contribution in [-0.2, 0) is 6.42 Å². The Morgan fingerprint density at radius 3 is 2.74 bits per heavy atom. The predicted molar refractivity (Wildman–Crippen MR) is 80.0 cm³/mol. The molecule has 104 valence electrons. The van der Waals surface area contributed by atoms with Crippen LogP contribution >= 0.6 is 22.9 Å². The van der Waals surface area contributed by atoms with Crippen molar-refractivity contribution >= 4 is 22.9 Å². The van der Waals surface area contributed by atoms with Gasteiger partial charge >= 0.3 is 0 Å². The van der Waals surface area contributed by atoms with Crippen LogP contribution in [0.3, 0.4) is 0 Å². The number of thiazole rings is 1. The van der Waals surface area contributed by atoms with E-state index in [0.29, 0.717) is 5.22 Å². The second kappa shape index (κ2) is 6.55. The summed E-state index contributed by atoms with van der Waals surface area (Å²) >= 11 is 7.62. The van der Waals surface area contributed by atoms with Gasteiger partial charge in [0.1, 0.15) is 5.76 Å². The molecule has 0 bridgehead atoms. The van der Waals surface area contributed by atoms with Crippen molar-refractivity contribution in [3.8, 4) is 0 Å². The Morgan fingerprint density at radius 2 is 2.21 bits per heavy atom. The second-order valence-corrected chi connectivity index (χ2v) is 6.26. The zero-order chi connectivity index (χ0) is 13.8. The van der Waals surface area contributed by atoms with Crippen molar-refractivity contribution < 1.29 is 4.42 Å². The summed E-state index contributed by atoms with van der Waals surface area (Å²) in [7, 11) is 0. The third-order valence-corrected chi connectivity index (χ3v) is 4.33. The minimum absolute atomic E-state index is 0.136. The lowest BCUT2D eigenvalue weighted by Crippen LogP contribution is -2.23. The molecule has 19 heavy (non-hydrogen) atoms. The maximum Gasteiger partial charge on any atom is 0.193 e. The fraction of sp³-hybridized carbons (Fsp3) is 0.500. The van der Waals surface area contributed by atoms with Crippen molar-refractivity contribution in [2.45, 2.75) is 39.7 Å². The van der Waals surface area contributed by atoms with Gasteiger partial charge in [-0.3, -0.25) is 0 Å². The van der Waals surface area contributed by atoms with Crippen LogP contribution in [0.2, 0.25) is 5.22 Å². The SMILES string of the molecule is CCCNC(Cc1nc(C)c(C)s1)c1ccc(Cl)o1. The van der Waals surface area contributed by atoms with Crippen LogP contribution in [-0.4, -0.2) is 11.5 Å². The summed E-state index contributed by atoms with van der Waals surface area (Å²) in [6, 6.07) is 3.86. The van der Waals surface area contributed by atoms with Gasteiger partial charge in [-0.25, -0.2) is 4.98 Å². The van der Waals surface area contributed by atoms with Gasteiger partial charge in [0.2, 0.25) is 0 Å². The van der Waals surface area contributed by atoms with Crippen LogP contribution in [0.5, 0.6) is 0 Å². The summed E-state index contributed by atoms with van der Waals surface area (Å²) in [6.45, 7) is 7.26. The van der Waals surface area contributed by atoms with E-state index in [1.54, 1.807) is 17.4 Å². The summed E-state index contributed by atoms with van der Waals surface area (Å²) in [5.74, 6) is 0.879. The average Bonchev–Trinajstić information content (AvgIpc) is 2.92. The molecule has 1 unspecified atom stereocenters. The van der Waals surface area contributed by atoms with E-state index in [4.69, 9.17) is 16.0 Å². The fourth-order valence-electron chi connectivity index (χ4n) is 1.91. The number of nitrogens with one attached hydrogen (secondary N) is 1. The Bertz CT molecular complexity index is 516. The topological polar surface area (TPSA) is 38.1 Å². The molecule has 0 spiro atoms. The molecule has 0 radical (unpaired) electrons. The lowest BCUT2D eigenvalue weighted by atomic mass is 10.1. The highest BCUT2D eigenvalue weighted by Crippen LogP contribution is 2.26. The van der Waals surface area contributed by atoms with Gasteiger partial charge in [-0.2, -0.15) is 0 Å². The summed E-state index contributed by atoms with van der Waals surface area (Å²) in [5.41, 5.74) is 1.12. The number of halogens is 1. The van der Waals surface area contributed by atoms with Crippen molar-refractivity contribution in [2.24, 2.45) is 0 Å². The van der Waals surface area contributed by atoms with E-state index < -0.39 is 0 Å². The Kier molecular flexibility index (Phi) is 5.02. The first-order chi connectivity index (χ1) is 9.10. The standard InChI is InChI=1S/C14H19ClN2OS/c1-4-7-16-11(12-5-6-13(15)18-12)8-14-17-9(2)10(3)19-14/h5-6,11,16H,4,7-8H2,1-3H3. The Morgan fingerprint density at radius 1 is 1.42 bits per heavy atom. The lowest BCUT2D eigenvalue weighted by molar-refractivity contribution is 0.411. The maximum absolute atomic E-state index is 5.86. The third-order valence-electron chi connectivity index (χ3n) is 3.03. The average molecular weight is 299 g/mol. The summed E-state index contributed by atoms with van der Waals surface area (Å²) < 4.78 is 5.53. The van der Waals surface area contributed by atoms with E-state index in [9.17, 15) is 0 Å². The molecule has 3 nitrogen and oxygen atoms in total. The van der Waals surface area contributed by atoms with Crippen molar-refractivity contribution in [2.75, 3.05) is 6.54 Å². The number of hydrogen-bond donors (Lipinski definition) is 1. The molecule has 1 atom stereocenters. The number of nitrogens with zero attached hydrogens (tertiary/aromatic N) is 1. The lowest BCUT2D eigenvalue weighted by Gasteiger charge is -2.14. The van der Waals surface area contributed by atoms with Crippen LogP contribution in [0.15, 0.2) is 16.5 Å². The van der Waals surface area contributed by atoms with Crippen LogP contribution in [0, 0.1) is 13.8 Å². The van der Waals surface area contributed by atoms with Gasteiger partial charge in [0, 0.05) is 11.3 Å². The second-order valence-electron chi connectivity index (χ2n) is 4.60.